The van der Waals surface area contributed by atoms with E-state index in [1.165, 1.54) is 231 Å². The molecule has 3 heterocycles. The van der Waals surface area contributed by atoms with E-state index in [1.54, 1.807) is 0 Å². The van der Waals surface area contributed by atoms with Crippen molar-refractivity contribution in [3.05, 3.63) is 453 Å². The minimum atomic E-state index is 0.0830. The van der Waals surface area contributed by atoms with Crippen LogP contribution in [0.2, 0.25) is 0 Å². The van der Waals surface area contributed by atoms with Gasteiger partial charge in [-0.1, -0.05) is 411 Å². The molecule has 3 aromatic heterocycles. The molecule has 0 aliphatic heterocycles. The number of fused-ring (bicyclic) bond motifs is 15. The Morgan fingerprint density at radius 1 is 0.151 bits per heavy atom. The lowest BCUT2D eigenvalue weighted by Gasteiger charge is -2.22. The largest absolute Gasteiger partial charge is 0.309 e. The van der Waals surface area contributed by atoms with Crippen LogP contribution >= 0.6 is 0 Å². The third kappa shape index (κ3) is 13.2. The number of rotatable bonds is 9. The van der Waals surface area contributed by atoms with Crippen molar-refractivity contribution in [2.75, 3.05) is 0 Å². The van der Waals surface area contributed by atoms with Gasteiger partial charge in [0.1, 0.15) is 0 Å². The van der Waals surface area contributed by atoms with E-state index in [1.807, 2.05) is 0 Å². The number of aromatic nitrogens is 3. The van der Waals surface area contributed by atoms with Crippen molar-refractivity contribution in [1.29, 1.82) is 0 Å². The summed E-state index contributed by atoms with van der Waals surface area (Å²) in [4.78, 5) is 0. The third-order valence-electron chi connectivity index (χ3n) is 26.1. The number of hydrogen-bond donors (Lipinski definition) is 0. The van der Waals surface area contributed by atoms with Gasteiger partial charge in [0.15, 0.2) is 0 Å². The number of para-hydroxylation sites is 6. The number of hydrogen-bond acceptors (Lipinski definition) is 0. The molecule has 3 heteroatoms. The Hall–Kier alpha value is -15.4. The predicted octanol–water partition coefficient (Wildman–Crippen LogP) is 34.2. The van der Waals surface area contributed by atoms with Crippen LogP contribution in [-0.4, -0.2) is 13.7 Å². The van der Waals surface area contributed by atoms with Gasteiger partial charge in [0.05, 0.1) is 33.1 Å². The monoisotopic (exact) mass is 1610 g/mol. The summed E-state index contributed by atoms with van der Waals surface area (Å²) in [6.45, 7) is 15.8. The Labute approximate surface area is 735 Å². The van der Waals surface area contributed by atoms with E-state index in [4.69, 9.17) is 0 Å². The maximum Gasteiger partial charge on any atom is 0.0541 e. The summed E-state index contributed by atoms with van der Waals surface area (Å²) in [5, 5.41) is 23.1. The average molecular weight is 1610 g/mol. The summed E-state index contributed by atoms with van der Waals surface area (Å²) in [6.07, 6.45) is 0. The molecule has 21 aromatic carbocycles. The third-order valence-corrected chi connectivity index (χ3v) is 26.1. The highest BCUT2D eigenvalue weighted by Crippen LogP contribution is 2.50. The van der Waals surface area contributed by atoms with Gasteiger partial charge in [-0.2, -0.15) is 0 Å². The summed E-state index contributed by atoms with van der Waals surface area (Å²) in [5.74, 6) is 0. The molecule has 0 aliphatic carbocycles. The van der Waals surface area contributed by atoms with E-state index < -0.39 is 0 Å². The number of aryl methyl sites for hydroxylation is 1. The molecule has 0 unspecified atom stereocenters. The molecule has 0 radical (unpaired) electrons. The lowest BCUT2D eigenvalue weighted by molar-refractivity contribution is 0.590. The van der Waals surface area contributed by atoms with Crippen LogP contribution in [0.4, 0.5) is 0 Å². The van der Waals surface area contributed by atoms with Crippen molar-refractivity contribution in [1.82, 2.24) is 13.7 Å². The Bertz CT molecular complexity index is 8050. The van der Waals surface area contributed by atoms with E-state index >= 15 is 0 Å². The van der Waals surface area contributed by atoms with Crippen LogP contribution in [0.15, 0.2) is 437 Å². The van der Waals surface area contributed by atoms with Gasteiger partial charge in [-0.15, -0.1) is 0 Å². The van der Waals surface area contributed by atoms with Crippen molar-refractivity contribution < 1.29 is 0 Å². The first-order valence-electron chi connectivity index (χ1n) is 44.1. The molecular weight excluding hydrogens is 1520 g/mol. The predicted molar refractivity (Wildman–Crippen MR) is 542 cm³/mol. The van der Waals surface area contributed by atoms with Gasteiger partial charge < -0.3 is 13.7 Å². The van der Waals surface area contributed by atoms with Crippen LogP contribution in [-0.2, 0) is 10.8 Å². The highest BCUT2D eigenvalue weighted by Gasteiger charge is 2.25. The fourth-order valence-electron chi connectivity index (χ4n) is 20.3. The van der Waals surface area contributed by atoms with Crippen LogP contribution in [0.3, 0.4) is 0 Å². The fourth-order valence-corrected chi connectivity index (χ4v) is 20.3. The summed E-state index contributed by atoms with van der Waals surface area (Å²) >= 11 is 0. The molecule has 0 amide bonds. The van der Waals surface area contributed by atoms with Gasteiger partial charge in [0.2, 0.25) is 0 Å². The molecule has 0 saturated carbocycles. The molecule has 0 spiro atoms. The Morgan fingerprint density at radius 3 is 0.563 bits per heavy atom. The molecule has 24 aromatic rings. The normalized spacial score (nSPS) is 11.9. The zero-order valence-corrected chi connectivity index (χ0v) is 71.9. The van der Waals surface area contributed by atoms with E-state index in [0.29, 0.717) is 0 Å². The zero-order chi connectivity index (χ0) is 84.9. The van der Waals surface area contributed by atoms with Crippen molar-refractivity contribution >= 4 is 130 Å². The van der Waals surface area contributed by atoms with Gasteiger partial charge in [-0.25, -0.2) is 0 Å². The van der Waals surface area contributed by atoms with Gasteiger partial charge in [0, 0.05) is 49.4 Å². The van der Waals surface area contributed by atoms with Crippen LogP contribution in [0.5, 0.6) is 0 Å². The van der Waals surface area contributed by atoms with Crippen molar-refractivity contribution in [2.24, 2.45) is 0 Å². The fraction of sp³-hybridized carbons (Fsp3) is 0.0732. The molecule has 0 atom stereocenters. The lowest BCUT2D eigenvalue weighted by atomic mass is 9.82. The van der Waals surface area contributed by atoms with Crippen molar-refractivity contribution in [2.45, 2.75) is 59.3 Å². The summed E-state index contributed by atoms with van der Waals surface area (Å²) in [7, 11) is 0. The Morgan fingerprint density at radius 2 is 0.341 bits per heavy atom. The second-order valence-electron chi connectivity index (χ2n) is 35.8. The minimum absolute atomic E-state index is 0.0830. The van der Waals surface area contributed by atoms with Gasteiger partial charge in [-0.05, 0) is 233 Å². The van der Waals surface area contributed by atoms with E-state index in [-0.39, 0.29) is 10.8 Å². The van der Waals surface area contributed by atoms with Gasteiger partial charge >= 0.3 is 0 Å². The lowest BCUT2D eigenvalue weighted by Crippen LogP contribution is -2.10. The minimum Gasteiger partial charge on any atom is -0.309 e. The smallest absolute Gasteiger partial charge is 0.0541 e. The first-order chi connectivity index (χ1) is 61.8. The zero-order valence-electron chi connectivity index (χ0n) is 71.9. The molecule has 126 heavy (non-hydrogen) atoms. The molecule has 0 bridgehead atoms. The highest BCUT2D eigenvalue weighted by molar-refractivity contribution is 6.25. The van der Waals surface area contributed by atoms with Crippen molar-refractivity contribution in [3.63, 3.8) is 0 Å². The highest BCUT2D eigenvalue weighted by atomic mass is 15.0. The summed E-state index contributed by atoms with van der Waals surface area (Å²) in [6, 6.07) is 160. The van der Waals surface area contributed by atoms with Gasteiger partial charge in [0.25, 0.3) is 0 Å². The van der Waals surface area contributed by atoms with E-state index in [0.717, 1.165) is 0 Å². The molecule has 600 valence electrons. The molecule has 0 N–H and O–H groups in total. The van der Waals surface area contributed by atoms with Crippen molar-refractivity contribution in [3.8, 4) is 83.8 Å². The van der Waals surface area contributed by atoms with E-state index in [2.05, 4.69) is 499 Å². The molecule has 0 saturated heterocycles. The van der Waals surface area contributed by atoms with E-state index in [9.17, 15) is 0 Å². The van der Waals surface area contributed by atoms with Crippen LogP contribution in [0.25, 0.3) is 214 Å². The quantitative estimate of drug-likeness (QED) is 0.128. The first kappa shape index (κ1) is 76.7. The van der Waals surface area contributed by atoms with Crippen LogP contribution in [0, 0.1) is 6.92 Å². The second-order valence-corrected chi connectivity index (χ2v) is 35.8. The number of benzene rings is 21. The van der Waals surface area contributed by atoms with Crippen LogP contribution < -0.4 is 0 Å². The van der Waals surface area contributed by atoms with Gasteiger partial charge in [-0.3, -0.25) is 0 Å². The topological polar surface area (TPSA) is 14.8 Å². The molecule has 3 nitrogen and oxygen atoms in total. The average Bonchev–Trinajstić information content (AvgIpc) is 1.21. The Kier molecular flexibility index (Phi) is 19.0. The maximum absolute atomic E-state index is 2.38. The molecule has 24 rings (SSSR count). The molecule has 0 aliphatic rings. The second kappa shape index (κ2) is 31.2. The van der Waals surface area contributed by atoms with Crippen LogP contribution in [0.1, 0.15) is 58.2 Å². The number of nitrogens with zero attached hydrogens (tertiary/aromatic N) is 3. The SMILES string of the molecule is CC(C)(C)c1ccc(-c2c3ccccc3c(-c3ccc(-n4c5ccccc5c5ccccc54)cc3)c3ccccc23)cc1.CC(C)(C)c1cccc(-c2c3ccccc3c(-c3ccc(-n4c5ccccc5c5ccccc54)cc3)c3ccccc23)c1.Cc1cccc(-c2c3ccccc3c(-c3ccc(-n4c5ccccc5c5ccccc54)cc3)c3ccccc23)c1. The maximum atomic E-state index is 2.38. The molecule has 0 fully saturated rings. The summed E-state index contributed by atoms with van der Waals surface area (Å²) in [5.41, 5.74) is 30.3. The molecular formula is C123H93N3. The Balaban J connectivity index is 0.000000112. The first-order valence-corrected chi connectivity index (χ1v) is 44.1. The standard InChI is InChI=1S/2C42H33N.C39H27N/c1-42(2,3)30-14-12-13-29(27-30)41-36-19-6-4-17-34(36)40(35-18-5-7-20-37(35)41)28-23-25-31(26-24-28)43-38-21-10-8-15-32(38)33-16-9-11-22-39(33)43;1-42(2,3)30-24-20-28(21-25-30)40-34-14-4-6-16-36(34)41(37-17-7-5-15-35(37)40)29-22-26-31(27-23-29)43-38-18-10-8-12-32(38)33-13-9-11-19-39(33)43;1-26-11-10-12-28(25-26)39-34-17-4-2-15-32(34)38(33-16-3-5-18-35(33)39)27-21-23-29(24-22-27)40-36-19-8-6-13-30(36)31-14-7-9-20-37(31)40/h2*4-27H,1-3H3;2-25H,1H3. The summed E-state index contributed by atoms with van der Waals surface area (Å²) < 4.78 is 7.15.